The van der Waals surface area contributed by atoms with E-state index in [1.54, 1.807) is 0 Å². The van der Waals surface area contributed by atoms with Gasteiger partial charge in [-0.25, -0.2) is 9.97 Å². The molecule has 7 nitrogen and oxygen atoms in total. The number of amides is 1. The molecule has 2 aromatic heterocycles. The molecule has 2 aromatic rings. The largest absolute Gasteiger partial charge is 0.363 e. The van der Waals surface area contributed by atoms with Crippen LogP contribution in [0.1, 0.15) is 46.8 Å². The Labute approximate surface area is 147 Å². The number of aryl methyl sites for hydroxylation is 1. The number of hydrogen-bond acceptors (Lipinski definition) is 6. The van der Waals surface area contributed by atoms with Crippen LogP contribution in [0.4, 0.5) is 5.82 Å². The molecule has 0 radical (unpaired) electrons. The van der Waals surface area contributed by atoms with Gasteiger partial charge in [-0.05, 0) is 44.9 Å². The lowest BCUT2D eigenvalue weighted by molar-refractivity contribution is 0.0990. The van der Waals surface area contributed by atoms with Crippen molar-refractivity contribution in [3.8, 4) is 0 Å². The lowest BCUT2D eigenvalue weighted by atomic mass is 10.1. The number of nitrogens with zero attached hydrogens (tertiary/aromatic N) is 4. The molecule has 3 heterocycles. The molecule has 1 aliphatic rings. The van der Waals surface area contributed by atoms with E-state index < -0.39 is 5.91 Å². The maximum atomic E-state index is 11.5. The highest BCUT2D eigenvalue weighted by Gasteiger charge is 2.27. The average Bonchev–Trinajstić information content (AvgIpc) is 3.06. The molecule has 1 aliphatic heterocycles. The van der Waals surface area contributed by atoms with E-state index in [0.29, 0.717) is 6.04 Å². The van der Waals surface area contributed by atoms with E-state index in [-0.39, 0.29) is 11.9 Å². The van der Waals surface area contributed by atoms with Gasteiger partial charge in [0.2, 0.25) is 5.82 Å². The van der Waals surface area contributed by atoms with Gasteiger partial charge in [-0.2, -0.15) is 0 Å². The van der Waals surface area contributed by atoms with E-state index in [9.17, 15) is 4.79 Å². The monoisotopic (exact) mass is 340 g/mol. The van der Waals surface area contributed by atoms with Crippen molar-refractivity contribution < 1.29 is 4.79 Å². The Morgan fingerprint density at radius 3 is 2.72 bits per heavy atom. The van der Waals surface area contributed by atoms with Gasteiger partial charge in [0.15, 0.2) is 0 Å². The molecule has 2 atom stereocenters. The minimum atomic E-state index is -0.593. The second-order valence-electron chi connectivity index (χ2n) is 6.55. The van der Waals surface area contributed by atoms with Gasteiger partial charge in [0, 0.05) is 48.8 Å². The van der Waals surface area contributed by atoms with Crippen LogP contribution in [0.15, 0.2) is 24.5 Å². The summed E-state index contributed by atoms with van der Waals surface area (Å²) in [6.45, 7) is 7.74. The molecule has 1 amide bonds. The van der Waals surface area contributed by atoms with Crippen molar-refractivity contribution in [1.82, 2.24) is 20.3 Å². The van der Waals surface area contributed by atoms with Crippen molar-refractivity contribution in [3.05, 3.63) is 47.2 Å². The third-order valence-electron chi connectivity index (χ3n) is 4.76. The van der Waals surface area contributed by atoms with Gasteiger partial charge < -0.3 is 16.0 Å². The molecule has 0 aliphatic carbocycles. The molecule has 1 saturated heterocycles. The van der Waals surface area contributed by atoms with Crippen molar-refractivity contribution in [2.75, 3.05) is 18.0 Å². The highest BCUT2D eigenvalue weighted by atomic mass is 16.1. The Morgan fingerprint density at radius 2 is 2.04 bits per heavy atom. The molecule has 1 fully saturated rings. The minimum Gasteiger partial charge on any atom is -0.363 e. The summed E-state index contributed by atoms with van der Waals surface area (Å²) in [6.07, 6.45) is 4.64. The zero-order valence-electron chi connectivity index (χ0n) is 14.9. The third-order valence-corrected chi connectivity index (χ3v) is 4.76. The van der Waals surface area contributed by atoms with Gasteiger partial charge in [0.1, 0.15) is 5.82 Å². The van der Waals surface area contributed by atoms with E-state index in [0.717, 1.165) is 36.6 Å². The number of aromatic nitrogens is 3. The molecular formula is C18H24N6O. The SMILES string of the molecule is Cc1nc(C(N)=O)nc(N2CC[C@@H](NC(C)c3ccncc3)C2)c1C. The van der Waals surface area contributed by atoms with Crippen LogP contribution in [0.5, 0.6) is 0 Å². The number of hydrogen-bond donors (Lipinski definition) is 2. The molecule has 3 rings (SSSR count). The molecule has 25 heavy (non-hydrogen) atoms. The number of rotatable bonds is 5. The molecule has 0 spiro atoms. The summed E-state index contributed by atoms with van der Waals surface area (Å²) in [5.74, 6) is 0.298. The Morgan fingerprint density at radius 1 is 1.32 bits per heavy atom. The van der Waals surface area contributed by atoms with Crippen LogP contribution in [0, 0.1) is 13.8 Å². The maximum absolute atomic E-state index is 11.5. The van der Waals surface area contributed by atoms with Crippen molar-refractivity contribution >= 4 is 11.7 Å². The number of carbonyl (C=O) groups excluding carboxylic acids is 1. The summed E-state index contributed by atoms with van der Waals surface area (Å²) >= 11 is 0. The number of primary amides is 1. The highest BCUT2D eigenvalue weighted by molar-refractivity contribution is 5.89. The Hall–Kier alpha value is -2.54. The number of pyridine rings is 1. The highest BCUT2D eigenvalue weighted by Crippen LogP contribution is 2.25. The van der Waals surface area contributed by atoms with Gasteiger partial charge in [0.25, 0.3) is 5.91 Å². The maximum Gasteiger partial charge on any atom is 0.286 e. The molecule has 0 saturated carbocycles. The Kier molecular flexibility index (Phi) is 4.94. The first-order valence-corrected chi connectivity index (χ1v) is 8.51. The van der Waals surface area contributed by atoms with Crippen molar-refractivity contribution in [3.63, 3.8) is 0 Å². The first kappa shape index (κ1) is 17.3. The number of nitrogens with one attached hydrogen (secondary N) is 1. The molecule has 0 aromatic carbocycles. The molecule has 1 unspecified atom stereocenters. The van der Waals surface area contributed by atoms with Crippen molar-refractivity contribution in [2.24, 2.45) is 5.73 Å². The lowest BCUT2D eigenvalue weighted by Gasteiger charge is -2.23. The van der Waals surface area contributed by atoms with E-state index in [4.69, 9.17) is 5.73 Å². The fraction of sp³-hybridized carbons (Fsp3) is 0.444. The summed E-state index contributed by atoms with van der Waals surface area (Å²) in [4.78, 5) is 26.3. The fourth-order valence-electron chi connectivity index (χ4n) is 3.22. The normalized spacial score (nSPS) is 18.4. The minimum absolute atomic E-state index is 0.0830. The first-order valence-electron chi connectivity index (χ1n) is 8.51. The van der Waals surface area contributed by atoms with Crippen LogP contribution in [0.2, 0.25) is 0 Å². The average molecular weight is 340 g/mol. The Balaban J connectivity index is 1.72. The molecule has 0 bridgehead atoms. The van der Waals surface area contributed by atoms with Gasteiger partial charge >= 0.3 is 0 Å². The number of carbonyl (C=O) groups is 1. The summed E-state index contributed by atoms with van der Waals surface area (Å²) < 4.78 is 0. The van der Waals surface area contributed by atoms with Crippen LogP contribution in [-0.2, 0) is 0 Å². The van der Waals surface area contributed by atoms with Gasteiger partial charge in [0.05, 0.1) is 0 Å². The van der Waals surface area contributed by atoms with E-state index in [1.165, 1.54) is 5.56 Å². The molecule has 7 heteroatoms. The molecule has 3 N–H and O–H groups in total. The second kappa shape index (κ2) is 7.14. The van der Waals surface area contributed by atoms with Crippen LogP contribution in [0.3, 0.4) is 0 Å². The van der Waals surface area contributed by atoms with Crippen LogP contribution < -0.4 is 16.0 Å². The number of anilines is 1. The van der Waals surface area contributed by atoms with E-state index >= 15 is 0 Å². The topological polar surface area (TPSA) is 97.0 Å². The molecular weight excluding hydrogens is 316 g/mol. The van der Waals surface area contributed by atoms with Gasteiger partial charge in [-0.15, -0.1) is 0 Å². The smallest absolute Gasteiger partial charge is 0.286 e. The summed E-state index contributed by atoms with van der Waals surface area (Å²) in [7, 11) is 0. The summed E-state index contributed by atoms with van der Waals surface area (Å²) in [5.41, 5.74) is 8.36. The number of nitrogens with two attached hydrogens (primary N) is 1. The standard InChI is InChI=1S/C18H24N6O/c1-11-12(2)22-17(16(19)25)23-18(11)24-9-6-15(10-24)21-13(3)14-4-7-20-8-5-14/h4-5,7-8,13,15,21H,6,9-10H2,1-3H3,(H2,19,25)/t13?,15-/m1/s1. The van der Waals surface area contributed by atoms with Crippen LogP contribution in [-0.4, -0.2) is 40.0 Å². The predicted octanol–water partition coefficient (Wildman–Crippen LogP) is 1.52. The predicted molar refractivity (Wildman–Crippen MR) is 96.4 cm³/mol. The molecule has 132 valence electrons. The summed E-state index contributed by atoms with van der Waals surface area (Å²) in [6, 6.07) is 4.67. The zero-order chi connectivity index (χ0) is 18.0. The quantitative estimate of drug-likeness (QED) is 0.856. The van der Waals surface area contributed by atoms with Crippen LogP contribution in [0.25, 0.3) is 0 Å². The third kappa shape index (κ3) is 3.76. The first-order chi connectivity index (χ1) is 12.0. The summed E-state index contributed by atoms with van der Waals surface area (Å²) in [5, 5.41) is 3.66. The fourth-order valence-corrected chi connectivity index (χ4v) is 3.22. The van der Waals surface area contributed by atoms with Crippen LogP contribution >= 0.6 is 0 Å². The van der Waals surface area contributed by atoms with E-state index in [2.05, 4.69) is 32.1 Å². The van der Waals surface area contributed by atoms with Crippen molar-refractivity contribution in [1.29, 1.82) is 0 Å². The zero-order valence-corrected chi connectivity index (χ0v) is 14.9. The Bertz CT molecular complexity index is 764. The van der Waals surface area contributed by atoms with Crippen molar-refractivity contribution in [2.45, 2.75) is 39.3 Å². The second-order valence-corrected chi connectivity index (χ2v) is 6.55. The van der Waals surface area contributed by atoms with Gasteiger partial charge in [-0.3, -0.25) is 9.78 Å². The van der Waals surface area contributed by atoms with Gasteiger partial charge in [-0.1, -0.05) is 0 Å². The van der Waals surface area contributed by atoms with E-state index in [1.807, 2.05) is 38.4 Å². The lowest BCUT2D eigenvalue weighted by Crippen LogP contribution is -2.35.